The fourth-order valence-electron chi connectivity index (χ4n) is 5.10. The molecule has 0 spiro atoms. The predicted octanol–water partition coefficient (Wildman–Crippen LogP) is 6.29. The van der Waals surface area contributed by atoms with Gasteiger partial charge in [0.05, 0.1) is 16.7 Å². The summed E-state index contributed by atoms with van der Waals surface area (Å²) >= 11 is 7.43. The Bertz CT molecular complexity index is 1580. The van der Waals surface area contributed by atoms with Crippen LogP contribution >= 0.6 is 23.4 Å². The first-order chi connectivity index (χ1) is 19.4. The predicted molar refractivity (Wildman–Crippen MR) is 156 cm³/mol. The van der Waals surface area contributed by atoms with Gasteiger partial charge < -0.3 is 5.32 Å². The number of para-hydroxylation sites is 1. The zero-order chi connectivity index (χ0) is 28.1. The highest BCUT2D eigenvalue weighted by atomic mass is 35.5. The van der Waals surface area contributed by atoms with Crippen molar-refractivity contribution in [2.45, 2.75) is 43.9 Å². The second kappa shape index (κ2) is 12.8. The van der Waals surface area contributed by atoms with E-state index in [1.54, 1.807) is 16.7 Å². The van der Waals surface area contributed by atoms with Crippen LogP contribution in [-0.2, 0) is 17.9 Å². The molecule has 1 N–H and O–H groups in total. The average Bonchev–Trinajstić information content (AvgIpc) is 2.97. The summed E-state index contributed by atoms with van der Waals surface area (Å²) in [6.07, 6.45) is 3.09. The Balaban J connectivity index is 1.25. The van der Waals surface area contributed by atoms with Crippen molar-refractivity contribution in [3.63, 3.8) is 0 Å². The summed E-state index contributed by atoms with van der Waals surface area (Å²) in [5, 5.41) is 4.66. The van der Waals surface area contributed by atoms with Gasteiger partial charge in [-0.2, -0.15) is 0 Å². The van der Waals surface area contributed by atoms with Crippen LogP contribution in [0.1, 0.15) is 41.6 Å². The Morgan fingerprint density at radius 2 is 1.68 bits per heavy atom. The van der Waals surface area contributed by atoms with E-state index in [2.05, 4.69) is 5.32 Å². The molecule has 206 valence electrons. The number of Topliss-reactive ketones (excluding diaryl/α,β-unsaturated/α-hetero) is 1. The number of carbonyl (C=O) groups excluding carboxylic acids is 2. The monoisotopic (exact) mass is 577 g/mol. The Kier molecular flexibility index (Phi) is 8.97. The van der Waals surface area contributed by atoms with E-state index in [0.29, 0.717) is 39.7 Å². The van der Waals surface area contributed by atoms with E-state index in [4.69, 9.17) is 16.6 Å². The van der Waals surface area contributed by atoms with Gasteiger partial charge in [-0.25, -0.2) is 9.37 Å². The fraction of sp³-hybridized carbons (Fsp3) is 0.290. The minimum Gasteiger partial charge on any atom is -0.352 e. The molecule has 3 aromatic carbocycles. The lowest BCUT2D eigenvalue weighted by Crippen LogP contribution is -2.34. The summed E-state index contributed by atoms with van der Waals surface area (Å²) in [4.78, 5) is 43.8. The van der Waals surface area contributed by atoms with E-state index in [-0.39, 0.29) is 34.8 Å². The van der Waals surface area contributed by atoms with Crippen molar-refractivity contribution < 1.29 is 14.0 Å². The molecule has 1 aromatic heterocycles. The summed E-state index contributed by atoms with van der Waals surface area (Å²) in [6, 6.07) is 20.1. The molecule has 0 atom stereocenters. The third-order valence-corrected chi connectivity index (χ3v) is 8.74. The molecule has 0 saturated heterocycles. The lowest BCUT2D eigenvalue weighted by molar-refractivity contribution is -0.126. The topological polar surface area (TPSA) is 81.1 Å². The van der Waals surface area contributed by atoms with Crippen LogP contribution in [0.15, 0.2) is 82.7 Å². The van der Waals surface area contributed by atoms with Crippen molar-refractivity contribution in [2.75, 3.05) is 5.75 Å². The van der Waals surface area contributed by atoms with Crippen molar-refractivity contribution in [1.82, 2.24) is 14.9 Å². The third kappa shape index (κ3) is 6.62. The molecule has 1 saturated carbocycles. The highest BCUT2D eigenvalue weighted by Gasteiger charge is 2.27. The quantitative estimate of drug-likeness (QED) is 0.144. The first-order valence-electron chi connectivity index (χ1n) is 13.3. The summed E-state index contributed by atoms with van der Waals surface area (Å²) < 4.78 is 14.9. The summed E-state index contributed by atoms with van der Waals surface area (Å²) in [5.74, 6) is -0.329. The van der Waals surface area contributed by atoms with Gasteiger partial charge in [-0.3, -0.25) is 19.0 Å². The highest BCUT2D eigenvalue weighted by molar-refractivity contribution is 7.99. The molecule has 1 aliphatic rings. The van der Waals surface area contributed by atoms with Crippen molar-refractivity contribution in [3.8, 4) is 0 Å². The van der Waals surface area contributed by atoms with Gasteiger partial charge in [0.2, 0.25) is 5.91 Å². The molecule has 5 rings (SSSR count). The standard InChI is InChI=1S/C31H29ClFN3O3S/c32-26-7-3-1-5-23(26)17-34-29(38)22-11-9-20(10-12-22)18-36-30(39)25-6-2-4-8-27(25)35-31(36)40-19-28(37)21-13-15-24(33)16-14-21/h1-8,13-16,20,22H,9-12,17-19H2,(H,34,38). The van der Waals surface area contributed by atoms with Crippen molar-refractivity contribution in [2.24, 2.45) is 11.8 Å². The maximum absolute atomic E-state index is 13.5. The fourth-order valence-corrected chi connectivity index (χ4v) is 6.21. The van der Waals surface area contributed by atoms with Crippen LogP contribution in [-0.4, -0.2) is 27.0 Å². The lowest BCUT2D eigenvalue weighted by atomic mass is 9.81. The van der Waals surface area contributed by atoms with E-state index in [1.165, 1.54) is 36.0 Å². The minimum atomic E-state index is -0.401. The number of hydrogen-bond acceptors (Lipinski definition) is 5. The molecule has 1 fully saturated rings. The van der Waals surface area contributed by atoms with Crippen LogP contribution in [0.25, 0.3) is 10.9 Å². The summed E-state index contributed by atoms with van der Waals surface area (Å²) in [5.41, 5.74) is 1.74. The van der Waals surface area contributed by atoms with Crippen molar-refractivity contribution in [1.29, 1.82) is 0 Å². The average molecular weight is 578 g/mol. The number of fused-ring (bicyclic) bond motifs is 1. The van der Waals surface area contributed by atoms with E-state index >= 15 is 0 Å². The van der Waals surface area contributed by atoms with Crippen LogP contribution in [0, 0.1) is 17.7 Å². The number of halogens is 2. The Hall–Kier alpha value is -3.49. The molecule has 0 aliphatic heterocycles. The minimum absolute atomic E-state index is 0.0264. The number of amides is 1. The van der Waals surface area contributed by atoms with E-state index in [0.717, 1.165) is 31.2 Å². The van der Waals surface area contributed by atoms with Crippen LogP contribution in [0.4, 0.5) is 4.39 Å². The van der Waals surface area contributed by atoms with Gasteiger partial charge in [-0.1, -0.05) is 53.7 Å². The Morgan fingerprint density at radius 1 is 0.975 bits per heavy atom. The van der Waals surface area contributed by atoms with Gasteiger partial charge in [-0.05, 0) is 79.6 Å². The Labute approximate surface area is 241 Å². The highest BCUT2D eigenvalue weighted by Crippen LogP contribution is 2.31. The smallest absolute Gasteiger partial charge is 0.262 e. The van der Waals surface area contributed by atoms with Gasteiger partial charge >= 0.3 is 0 Å². The number of nitrogens with one attached hydrogen (secondary N) is 1. The van der Waals surface area contributed by atoms with Gasteiger partial charge in [0.15, 0.2) is 10.9 Å². The second-order valence-electron chi connectivity index (χ2n) is 10.1. The number of rotatable bonds is 9. The van der Waals surface area contributed by atoms with Crippen molar-refractivity contribution in [3.05, 3.63) is 105 Å². The first-order valence-corrected chi connectivity index (χ1v) is 14.7. The van der Waals surface area contributed by atoms with Gasteiger partial charge in [0, 0.05) is 29.6 Å². The molecule has 9 heteroatoms. The second-order valence-corrected chi connectivity index (χ2v) is 11.4. The molecule has 1 heterocycles. The molecule has 40 heavy (non-hydrogen) atoms. The number of aromatic nitrogens is 2. The Morgan fingerprint density at radius 3 is 2.42 bits per heavy atom. The summed E-state index contributed by atoms with van der Waals surface area (Å²) in [6.45, 7) is 0.867. The zero-order valence-corrected chi connectivity index (χ0v) is 23.4. The van der Waals surface area contributed by atoms with E-state index in [9.17, 15) is 18.8 Å². The normalized spacial score (nSPS) is 17.1. The molecule has 4 aromatic rings. The maximum atomic E-state index is 13.5. The third-order valence-electron chi connectivity index (χ3n) is 7.39. The number of ketones is 1. The number of hydrogen-bond donors (Lipinski definition) is 1. The molecule has 1 amide bonds. The van der Waals surface area contributed by atoms with Crippen LogP contribution in [0.3, 0.4) is 0 Å². The van der Waals surface area contributed by atoms with Crippen LogP contribution in [0.5, 0.6) is 0 Å². The zero-order valence-electron chi connectivity index (χ0n) is 21.8. The number of thioether (sulfide) groups is 1. The largest absolute Gasteiger partial charge is 0.352 e. The molecular formula is C31H29ClFN3O3S. The van der Waals surface area contributed by atoms with Gasteiger partial charge in [-0.15, -0.1) is 0 Å². The SMILES string of the molecule is O=C(CSc1nc2ccccc2c(=O)n1CC1CCC(C(=O)NCc2ccccc2Cl)CC1)c1ccc(F)cc1. The van der Waals surface area contributed by atoms with Crippen LogP contribution in [0.2, 0.25) is 5.02 Å². The lowest BCUT2D eigenvalue weighted by Gasteiger charge is -2.28. The van der Waals surface area contributed by atoms with Crippen LogP contribution < -0.4 is 10.9 Å². The molecule has 6 nitrogen and oxygen atoms in total. The van der Waals surface area contributed by atoms with E-state index < -0.39 is 5.82 Å². The molecule has 1 aliphatic carbocycles. The molecular weight excluding hydrogens is 549 g/mol. The maximum Gasteiger partial charge on any atom is 0.262 e. The number of nitrogens with zero attached hydrogens (tertiary/aromatic N) is 2. The number of carbonyl (C=O) groups is 2. The van der Waals surface area contributed by atoms with Crippen molar-refractivity contribution >= 4 is 46.0 Å². The summed E-state index contributed by atoms with van der Waals surface area (Å²) in [7, 11) is 0. The van der Waals surface area contributed by atoms with Gasteiger partial charge in [0.25, 0.3) is 5.56 Å². The molecule has 0 bridgehead atoms. The van der Waals surface area contributed by atoms with E-state index in [1.807, 2.05) is 36.4 Å². The first kappa shape index (κ1) is 28.1. The van der Waals surface area contributed by atoms with Gasteiger partial charge in [0.1, 0.15) is 5.82 Å². The molecule has 0 unspecified atom stereocenters. The molecule has 0 radical (unpaired) electrons. The number of benzene rings is 3.